The molecule has 2 nitrogen and oxygen atoms in total. The van der Waals surface area contributed by atoms with Gasteiger partial charge in [-0.25, -0.2) is 9.37 Å². The fourth-order valence-electron chi connectivity index (χ4n) is 1.34. The Bertz CT molecular complexity index is 453. The second kappa shape index (κ2) is 4.51. The van der Waals surface area contributed by atoms with Crippen molar-refractivity contribution in [3.05, 3.63) is 40.5 Å². The number of benzene rings is 1. The van der Waals surface area contributed by atoms with Crippen LogP contribution in [0.2, 0.25) is 0 Å². The lowest BCUT2D eigenvalue weighted by atomic mass is 10.1. The van der Waals surface area contributed by atoms with Crippen molar-refractivity contribution in [2.75, 3.05) is 6.54 Å². The van der Waals surface area contributed by atoms with Crippen LogP contribution in [0.4, 0.5) is 4.39 Å². The third-order valence-corrected chi connectivity index (χ3v) is 2.97. The normalized spacial score (nSPS) is 10.5. The Labute approximate surface area is 91.6 Å². The molecule has 2 aromatic rings. The highest BCUT2D eigenvalue weighted by Crippen LogP contribution is 2.24. The van der Waals surface area contributed by atoms with Gasteiger partial charge in [-0.3, -0.25) is 0 Å². The first-order valence-electron chi connectivity index (χ1n) is 4.70. The molecule has 0 aliphatic carbocycles. The van der Waals surface area contributed by atoms with Gasteiger partial charge in [0.15, 0.2) is 0 Å². The molecule has 4 heteroatoms. The van der Waals surface area contributed by atoms with Gasteiger partial charge in [0.05, 0.1) is 10.7 Å². The summed E-state index contributed by atoms with van der Waals surface area (Å²) in [6.45, 7) is 0.574. The minimum Gasteiger partial charge on any atom is -0.330 e. The lowest BCUT2D eigenvalue weighted by molar-refractivity contribution is 0.631. The minimum absolute atomic E-state index is 0.234. The van der Waals surface area contributed by atoms with E-state index in [0.717, 1.165) is 11.4 Å². The molecule has 0 unspecified atom stereocenters. The standard InChI is InChI=1S/C11H11FN2S/c12-9-4-2-1-3-8(9)10-7-15-11(14-10)5-6-13/h1-4,7H,5-6,13H2. The van der Waals surface area contributed by atoms with E-state index in [-0.39, 0.29) is 5.82 Å². The summed E-state index contributed by atoms with van der Waals surface area (Å²) in [4.78, 5) is 4.33. The maximum atomic E-state index is 13.4. The summed E-state index contributed by atoms with van der Waals surface area (Å²) in [5, 5.41) is 2.82. The highest BCUT2D eigenvalue weighted by molar-refractivity contribution is 7.09. The molecule has 1 aromatic heterocycles. The average molecular weight is 222 g/mol. The average Bonchev–Trinajstić information content (AvgIpc) is 2.68. The number of hydrogen-bond donors (Lipinski definition) is 1. The highest BCUT2D eigenvalue weighted by Gasteiger charge is 2.07. The van der Waals surface area contributed by atoms with Crippen LogP contribution < -0.4 is 5.73 Å². The molecule has 0 saturated heterocycles. The van der Waals surface area contributed by atoms with Crippen LogP contribution in [0.25, 0.3) is 11.3 Å². The number of aromatic nitrogens is 1. The summed E-state index contributed by atoms with van der Waals surface area (Å²) in [5.41, 5.74) is 6.68. The summed E-state index contributed by atoms with van der Waals surface area (Å²) >= 11 is 1.52. The fraction of sp³-hybridized carbons (Fsp3) is 0.182. The van der Waals surface area contributed by atoms with Gasteiger partial charge < -0.3 is 5.73 Å². The van der Waals surface area contributed by atoms with Crippen LogP contribution in [0, 0.1) is 5.82 Å². The molecule has 0 aliphatic heterocycles. The monoisotopic (exact) mass is 222 g/mol. The smallest absolute Gasteiger partial charge is 0.132 e. The van der Waals surface area contributed by atoms with E-state index in [1.165, 1.54) is 17.4 Å². The molecular formula is C11H11FN2S. The third kappa shape index (κ3) is 2.22. The quantitative estimate of drug-likeness (QED) is 0.866. The van der Waals surface area contributed by atoms with Crippen molar-refractivity contribution < 1.29 is 4.39 Å². The van der Waals surface area contributed by atoms with Gasteiger partial charge in [-0.15, -0.1) is 11.3 Å². The van der Waals surface area contributed by atoms with Crippen molar-refractivity contribution in [2.24, 2.45) is 5.73 Å². The van der Waals surface area contributed by atoms with Crippen LogP contribution >= 0.6 is 11.3 Å². The number of thiazole rings is 1. The number of nitrogens with zero attached hydrogens (tertiary/aromatic N) is 1. The number of nitrogens with two attached hydrogens (primary N) is 1. The zero-order valence-electron chi connectivity index (χ0n) is 8.11. The molecule has 0 amide bonds. The summed E-state index contributed by atoms with van der Waals surface area (Å²) < 4.78 is 13.4. The van der Waals surface area contributed by atoms with E-state index in [0.29, 0.717) is 17.8 Å². The van der Waals surface area contributed by atoms with Crippen molar-refractivity contribution in [3.63, 3.8) is 0 Å². The van der Waals surface area contributed by atoms with Gasteiger partial charge in [-0.05, 0) is 18.7 Å². The van der Waals surface area contributed by atoms with Gasteiger partial charge in [0, 0.05) is 17.4 Å². The Morgan fingerprint density at radius 3 is 2.87 bits per heavy atom. The summed E-state index contributed by atoms with van der Waals surface area (Å²) in [6.07, 6.45) is 0.749. The topological polar surface area (TPSA) is 38.9 Å². The first-order chi connectivity index (χ1) is 7.31. The van der Waals surface area contributed by atoms with Crippen LogP contribution in [0.15, 0.2) is 29.6 Å². The predicted octanol–water partition coefficient (Wildman–Crippen LogP) is 2.45. The minimum atomic E-state index is -0.234. The molecule has 2 N–H and O–H groups in total. The summed E-state index contributed by atoms with van der Waals surface area (Å²) in [7, 11) is 0. The SMILES string of the molecule is NCCc1nc(-c2ccccc2F)cs1. The van der Waals surface area contributed by atoms with E-state index in [2.05, 4.69) is 4.98 Å². The van der Waals surface area contributed by atoms with Gasteiger partial charge in [-0.2, -0.15) is 0 Å². The lowest BCUT2D eigenvalue weighted by Gasteiger charge is -1.97. The molecular weight excluding hydrogens is 211 g/mol. The van der Waals surface area contributed by atoms with E-state index in [1.54, 1.807) is 18.2 Å². The largest absolute Gasteiger partial charge is 0.330 e. The van der Waals surface area contributed by atoms with Gasteiger partial charge in [0.1, 0.15) is 5.82 Å². The fourth-order valence-corrected chi connectivity index (χ4v) is 2.16. The van der Waals surface area contributed by atoms with Crippen LogP contribution in [0.3, 0.4) is 0 Å². The van der Waals surface area contributed by atoms with Crippen molar-refractivity contribution in [3.8, 4) is 11.3 Å². The van der Waals surface area contributed by atoms with Crippen molar-refractivity contribution in [1.29, 1.82) is 0 Å². The van der Waals surface area contributed by atoms with Gasteiger partial charge in [0.2, 0.25) is 0 Å². The first kappa shape index (κ1) is 10.3. The maximum absolute atomic E-state index is 13.4. The predicted molar refractivity (Wildman–Crippen MR) is 60.3 cm³/mol. The van der Waals surface area contributed by atoms with Crippen LogP contribution in [0.1, 0.15) is 5.01 Å². The van der Waals surface area contributed by atoms with Crippen molar-refractivity contribution >= 4 is 11.3 Å². The molecule has 2 rings (SSSR count). The van der Waals surface area contributed by atoms with E-state index in [4.69, 9.17) is 5.73 Å². The molecule has 1 heterocycles. The molecule has 0 radical (unpaired) electrons. The molecule has 0 fully saturated rings. The van der Waals surface area contributed by atoms with E-state index in [9.17, 15) is 4.39 Å². The molecule has 0 saturated carbocycles. The Balaban J connectivity index is 2.33. The molecule has 1 aromatic carbocycles. The number of halogens is 1. The van der Waals surface area contributed by atoms with Crippen molar-refractivity contribution in [2.45, 2.75) is 6.42 Å². The molecule has 0 bridgehead atoms. The highest BCUT2D eigenvalue weighted by atomic mass is 32.1. The maximum Gasteiger partial charge on any atom is 0.132 e. The number of rotatable bonds is 3. The van der Waals surface area contributed by atoms with Gasteiger partial charge in [-0.1, -0.05) is 12.1 Å². The summed E-state index contributed by atoms with van der Waals surface area (Å²) in [6, 6.07) is 6.65. The zero-order valence-corrected chi connectivity index (χ0v) is 8.93. The lowest BCUT2D eigenvalue weighted by Crippen LogP contribution is -2.02. The molecule has 0 spiro atoms. The second-order valence-electron chi connectivity index (χ2n) is 3.15. The summed E-state index contributed by atoms with van der Waals surface area (Å²) in [5.74, 6) is -0.234. The van der Waals surface area contributed by atoms with E-state index < -0.39 is 0 Å². The van der Waals surface area contributed by atoms with Gasteiger partial charge in [0.25, 0.3) is 0 Å². The Morgan fingerprint density at radius 2 is 2.13 bits per heavy atom. The van der Waals surface area contributed by atoms with Gasteiger partial charge >= 0.3 is 0 Å². The van der Waals surface area contributed by atoms with Crippen molar-refractivity contribution in [1.82, 2.24) is 4.98 Å². The third-order valence-electron chi connectivity index (χ3n) is 2.06. The molecule has 15 heavy (non-hydrogen) atoms. The Hall–Kier alpha value is -1.26. The van der Waals surface area contributed by atoms with Crippen LogP contribution in [-0.4, -0.2) is 11.5 Å². The molecule has 78 valence electrons. The Morgan fingerprint density at radius 1 is 1.33 bits per heavy atom. The molecule has 0 atom stereocenters. The van der Waals surface area contributed by atoms with E-state index in [1.807, 2.05) is 5.38 Å². The number of hydrogen-bond acceptors (Lipinski definition) is 3. The first-order valence-corrected chi connectivity index (χ1v) is 5.58. The Kier molecular flexibility index (Phi) is 3.08. The van der Waals surface area contributed by atoms with E-state index >= 15 is 0 Å². The molecule has 0 aliphatic rings. The zero-order chi connectivity index (χ0) is 10.7. The van der Waals surface area contributed by atoms with Crippen LogP contribution in [-0.2, 0) is 6.42 Å². The second-order valence-corrected chi connectivity index (χ2v) is 4.09. The van der Waals surface area contributed by atoms with Crippen LogP contribution in [0.5, 0.6) is 0 Å².